The van der Waals surface area contributed by atoms with Crippen molar-refractivity contribution in [1.82, 2.24) is 5.32 Å². The molecule has 20 heavy (non-hydrogen) atoms. The smallest absolute Gasteiger partial charge is 0.319 e. The number of anilines is 1. The van der Waals surface area contributed by atoms with Crippen molar-refractivity contribution in [3.05, 3.63) is 23.8 Å². The van der Waals surface area contributed by atoms with Gasteiger partial charge in [-0.05, 0) is 30.2 Å². The summed E-state index contributed by atoms with van der Waals surface area (Å²) >= 11 is 0. The normalized spacial score (nSPS) is 22.9. The van der Waals surface area contributed by atoms with E-state index in [0.717, 1.165) is 17.7 Å². The second-order valence-corrected chi connectivity index (χ2v) is 7.35. The van der Waals surface area contributed by atoms with Crippen LogP contribution < -0.4 is 15.4 Å². The van der Waals surface area contributed by atoms with Crippen molar-refractivity contribution >= 4 is 21.6 Å². The molecule has 1 unspecified atom stereocenters. The zero-order valence-electron chi connectivity index (χ0n) is 10.9. The molecule has 6 nitrogen and oxygen atoms in total. The highest BCUT2D eigenvalue weighted by molar-refractivity contribution is 7.91. The third kappa shape index (κ3) is 2.87. The maximum atomic E-state index is 11.8. The maximum absolute atomic E-state index is 11.8. The van der Waals surface area contributed by atoms with Crippen molar-refractivity contribution in [2.45, 2.75) is 18.9 Å². The number of hydrogen-bond donors (Lipinski definition) is 2. The molecule has 2 heterocycles. The molecule has 0 aromatic heterocycles. The first-order valence-electron chi connectivity index (χ1n) is 6.55. The van der Waals surface area contributed by atoms with Crippen LogP contribution in [0.4, 0.5) is 10.5 Å². The van der Waals surface area contributed by atoms with Gasteiger partial charge in [-0.2, -0.15) is 0 Å². The summed E-state index contributed by atoms with van der Waals surface area (Å²) in [4.78, 5) is 11.8. The summed E-state index contributed by atoms with van der Waals surface area (Å²) < 4.78 is 28.0. The number of carbonyl (C=O) groups is 1. The molecule has 0 aliphatic carbocycles. The van der Waals surface area contributed by atoms with Crippen molar-refractivity contribution in [1.29, 1.82) is 0 Å². The van der Waals surface area contributed by atoms with E-state index in [1.165, 1.54) is 0 Å². The molecule has 1 atom stereocenters. The van der Waals surface area contributed by atoms with E-state index < -0.39 is 9.84 Å². The fourth-order valence-corrected chi connectivity index (χ4v) is 4.20. The average molecular weight is 296 g/mol. The Morgan fingerprint density at radius 3 is 2.95 bits per heavy atom. The number of hydrogen-bond acceptors (Lipinski definition) is 4. The molecule has 2 N–H and O–H groups in total. The van der Waals surface area contributed by atoms with Crippen LogP contribution in [0.15, 0.2) is 18.2 Å². The Hall–Kier alpha value is -1.76. The van der Waals surface area contributed by atoms with E-state index in [1.54, 1.807) is 6.07 Å². The van der Waals surface area contributed by atoms with Crippen molar-refractivity contribution in [2.75, 3.05) is 23.4 Å². The molecule has 0 radical (unpaired) electrons. The van der Waals surface area contributed by atoms with Gasteiger partial charge in [-0.1, -0.05) is 0 Å². The van der Waals surface area contributed by atoms with Crippen LogP contribution in [0.5, 0.6) is 5.75 Å². The number of nitrogens with one attached hydrogen (secondary N) is 2. The fraction of sp³-hybridized carbons (Fsp3) is 0.462. The second kappa shape index (κ2) is 4.97. The third-order valence-corrected chi connectivity index (χ3v) is 5.28. The lowest BCUT2D eigenvalue weighted by Gasteiger charge is -2.12. The Bertz CT molecular complexity index is 642. The first-order valence-corrected chi connectivity index (χ1v) is 8.38. The number of urea groups is 1. The summed E-state index contributed by atoms with van der Waals surface area (Å²) in [5, 5.41) is 5.42. The summed E-state index contributed by atoms with van der Waals surface area (Å²) in [7, 11) is -2.98. The van der Waals surface area contributed by atoms with Gasteiger partial charge in [0.25, 0.3) is 0 Å². The third-order valence-electron chi connectivity index (χ3n) is 3.51. The molecule has 0 saturated carbocycles. The van der Waals surface area contributed by atoms with Gasteiger partial charge in [0.15, 0.2) is 9.84 Å². The van der Waals surface area contributed by atoms with Crippen LogP contribution in [0.3, 0.4) is 0 Å². The molecule has 108 valence electrons. The van der Waals surface area contributed by atoms with Crippen LogP contribution in [0.25, 0.3) is 0 Å². The van der Waals surface area contributed by atoms with E-state index in [0.29, 0.717) is 18.7 Å². The van der Waals surface area contributed by atoms with Gasteiger partial charge < -0.3 is 15.4 Å². The van der Waals surface area contributed by atoms with Gasteiger partial charge in [0.2, 0.25) is 0 Å². The van der Waals surface area contributed by atoms with Crippen molar-refractivity contribution in [3.63, 3.8) is 0 Å². The van der Waals surface area contributed by atoms with Crippen LogP contribution in [-0.2, 0) is 16.3 Å². The summed E-state index contributed by atoms with van der Waals surface area (Å²) in [5.41, 5.74) is 1.76. The molecule has 7 heteroatoms. The van der Waals surface area contributed by atoms with E-state index >= 15 is 0 Å². The largest absolute Gasteiger partial charge is 0.493 e. The Morgan fingerprint density at radius 1 is 1.35 bits per heavy atom. The molecule has 1 aromatic carbocycles. The lowest BCUT2D eigenvalue weighted by atomic mass is 10.1. The molecule has 2 aliphatic heterocycles. The lowest BCUT2D eigenvalue weighted by molar-refractivity contribution is 0.249. The highest BCUT2D eigenvalue weighted by Crippen LogP contribution is 2.27. The number of fused-ring (bicyclic) bond motifs is 1. The van der Waals surface area contributed by atoms with Crippen LogP contribution >= 0.6 is 0 Å². The topological polar surface area (TPSA) is 84.5 Å². The number of carbonyl (C=O) groups excluding carboxylic acids is 1. The molecular weight excluding hydrogens is 280 g/mol. The minimum absolute atomic E-state index is 0.0262. The molecule has 0 spiro atoms. The summed E-state index contributed by atoms with van der Waals surface area (Å²) in [6.07, 6.45) is 1.32. The Labute approximate surface area is 117 Å². The van der Waals surface area contributed by atoms with Crippen molar-refractivity contribution in [3.8, 4) is 5.75 Å². The van der Waals surface area contributed by atoms with Gasteiger partial charge in [0, 0.05) is 18.2 Å². The number of benzene rings is 1. The predicted molar refractivity (Wildman–Crippen MR) is 74.9 cm³/mol. The number of sulfone groups is 1. The van der Waals surface area contributed by atoms with E-state index in [-0.39, 0.29) is 23.6 Å². The molecule has 0 bridgehead atoms. The zero-order chi connectivity index (χ0) is 14.2. The standard InChI is InChI=1S/C13H16N2O4S/c16-13(15-11-4-6-20(17,18)8-11)14-10-1-2-12-9(7-10)3-5-19-12/h1-2,7,11H,3-6,8H2,(H2,14,15,16). The van der Waals surface area contributed by atoms with Crippen LogP contribution in [0, 0.1) is 0 Å². The van der Waals surface area contributed by atoms with Gasteiger partial charge in [-0.25, -0.2) is 13.2 Å². The summed E-state index contributed by atoms with van der Waals surface area (Å²) in [6.45, 7) is 0.672. The Morgan fingerprint density at radius 2 is 2.20 bits per heavy atom. The number of rotatable bonds is 2. The zero-order valence-corrected chi connectivity index (χ0v) is 11.7. The van der Waals surface area contributed by atoms with Crippen LogP contribution in [-0.4, -0.2) is 38.6 Å². The molecule has 2 amide bonds. The molecule has 3 rings (SSSR count). The Kier molecular flexibility index (Phi) is 3.29. The SMILES string of the molecule is O=C(Nc1ccc2c(c1)CCO2)NC1CCS(=O)(=O)C1. The van der Waals surface area contributed by atoms with E-state index in [4.69, 9.17) is 4.74 Å². The quantitative estimate of drug-likeness (QED) is 0.850. The van der Waals surface area contributed by atoms with Gasteiger partial charge in [0.1, 0.15) is 5.75 Å². The van der Waals surface area contributed by atoms with Crippen molar-refractivity contribution in [2.24, 2.45) is 0 Å². The van der Waals surface area contributed by atoms with Crippen LogP contribution in [0.1, 0.15) is 12.0 Å². The highest BCUT2D eigenvalue weighted by Gasteiger charge is 2.28. The molecule has 1 fully saturated rings. The fourth-order valence-electron chi connectivity index (χ4n) is 2.53. The number of amides is 2. The second-order valence-electron chi connectivity index (χ2n) is 5.12. The minimum atomic E-state index is -2.98. The van der Waals surface area contributed by atoms with Gasteiger partial charge in [-0.3, -0.25) is 0 Å². The highest BCUT2D eigenvalue weighted by atomic mass is 32.2. The molecule has 1 saturated heterocycles. The van der Waals surface area contributed by atoms with E-state index in [2.05, 4.69) is 10.6 Å². The summed E-state index contributed by atoms with van der Waals surface area (Å²) in [5.74, 6) is 1.03. The number of ether oxygens (including phenoxy) is 1. The van der Waals surface area contributed by atoms with Gasteiger partial charge in [0.05, 0.1) is 18.1 Å². The van der Waals surface area contributed by atoms with Crippen molar-refractivity contribution < 1.29 is 17.9 Å². The monoisotopic (exact) mass is 296 g/mol. The molecule has 1 aromatic rings. The predicted octanol–water partition coefficient (Wildman–Crippen LogP) is 0.930. The average Bonchev–Trinajstić information content (AvgIpc) is 2.95. The van der Waals surface area contributed by atoms with Gasteiger partial charge >= 0.3 is 6.03 Å². The first-order chi connectivity index (χ1) is 9.52. The minimum Gasteiger partial charge on any atom is -0.493 e. The van der Waals surface area contributed by atoms with E-state index in [1.807, 2.05) is 12.1 Å². The molecular formula is C13H16N2O4S. The van der Waals surface area contributed by atoms with Crippen LogP contribution in [0.2, 0.25) is 0 Å². The van der Waals surface area contributed by atoms with E-state index in [9.17, 15) is 13.2 Å². The first kappa shape index (κ1) is 13.2. The maximum Gasteiger partial charge on any atom is 0.319 e. The summed E-state index contributed by atoms with van der Waals surface area (Å²) in [6, 6.07) is 4.82. The van der Waals surface area contributed by atoms with Gasteiger partial charge in [-0.15, -0.1) is 0 Å². The molecule has 2 aliphatic rings. The lowest BCUT2D eigenvalue weighted by Crippen LogP contribution is -2.38. The Balaban J connectivity index is 1.59.